The Morgan fingerprint density at radius 3 is 2.62 bits per heavy atom. The first-order chi connectivity index (χ1) is 11.6. The average Bonchev–Trinajstić information content (AvgIpc) is 3.36. The second kappa shape index (κ2) is 6.70. The summed E-state index contributed by atoms with van der Waals surface area (Å²) in [4.78, 5) is 4.47. The quantitative estimate of drug-likeness (QED) is 0.774. The van der Waals surface area contributed by atoms with E-state index in [1.807, 2.05) is 0 Å². The number of piperidine rings is 1. The Morgan fingerprint density at radius 2 is 1.88 bits per heavy atom. The third-order valence-corrected chi connectivity index (χ3v) is 7.00. The van der Waals surface area contributed by atoms with Crippen molar-refractivity contribution < 1.29 is 17.7 Å². The molecule has 0 radical (unpaired) electrons. The van der Waals surface area contributed by atoms with E-state index in [1.165, 1.54) is 4.31 Å². The number of hydrogen-bond acceptors (Lipinski definition) is 6. The zero-order chi connectivity index (χ0) is 16.6. The van der Waals surface area contributed by atoms with E-state index in [9.17, 15) is 8.42 Å². The van der Waals surface area contributed by atoms with Crippen LogP contribution in [0.4, 0.5) is 0 Å². The van der Waals surface area contributed by atoms with Crippen molar-refractivity contribution in [3.63, 3.8) is 0 Å². The van der Waals surface area contributed by atoms with E-state index in [-0.39, 0.29) is 5.92 Å². The molecule has 1 aliphatic carbocycles. The maximum atomic E-state index is 12.8. The average molecular weight is 356 g/mol. The molecule has 0 unspecified atom stereocenters. The summed E-state index contributed by atoms with van der Waals surface area (Å²) in [6, 6.07) is 0. The molecule has 0 spiro atoms. The van der Waals surface area contributed by atoms with Gasteiger partial charge in [-0.05, 0) is 31.6 Å². The molecule has 4 rings (SSSR count). The van der Waals surface area contributed by atoms with Crippen LogP contribution in [0.25, 0.3) is 0 Å². The van der Waals surface area contributed by atoms with Gasteiger partial charge in [0.25, 0.3) is 10.2 Å². The van der Waals surface area contributed by atoms with Gasteiger partial charge in [0.15, 0.2) is 5.82 Å². The summed E-state index contributed by atoms with van der Waals surface area (Å²) in [7, 11) is -3.39. The van der Waals surface area contributed by atoms with Crippen LogP contribution in [0.2, 0.25) is 0 Å². The van der Waals surface area contributed by atoms with Crippen molar-refractivity contribution in [3.05, 3.63) is 11.7 Å². The van der Waals surface area contributed by atoms with Crippen LogP contribution in [0, 0.1) is 5.92 Å². The maximum Gasteiger partial charge on any atom is 0.282 e. The molecule has 24 heavy (non-hydrogen) atoms. The minimum Gasteiger partial charge on any atom is -0.379 e. The second-order valence-corrected chi connectivity index (χ2v) is 8.84. The van der Waals surface area contributed by atoms with Crippen LogP contribution in [0.3, 0.4) is 0 Å². The highest BCUT2D eigenvalue weighted by Gasteiger charge is 2.35. The highest BCUT2D eigenvalue weighted by Crippen LogP contribution is 2.38. The van der Waals surface area contributed by atoms with Crippen molar-refractivity contribution >= 4 is 10.2 Å². The Bertz CT molecular complexity index is 667. The van der Waals surface area contributed by atoms with Crippen LogP contribution in [0.1, 0.15) is 43.3 Å². The number of ether oxygens (including phenoxy) is 1. The standard InChI is InChI=1S/C15H24N4O4S/c20-24(21,18-6-8-22-9-7-18)19-5-1-2-12(11-19)10-14-16-15(17-23-14)13-3-4-13/h12-13H,1-11H2/t12-/m1/s1. The molecule has 9 heteroatoms. The molecule has 134 valence electrons. The predicted molar refractivity (Wildman–Crippen MR) is 85.6 cm³/mol. The van der Waals surface area contributed by atoms with E-state index in [1.54, 1.807) is 4.31 Å². The predicted octanol–water partition coefficient (Wildman–Crippen LogP) is 0.778. The van der Waals surface area contributed by atoms with Crippen LogP contribution < -0.4 is 0 Å². The number of rotatable bonds is 5. The van der Waals surface area contributed by atoms with Gasteiger partial charge in [0.05, 0.1) is 13.2 Å². The first kappa shape index (κ1) is 16.4. The van der Waals surface area contributed by atoms with E-state index in [0.29, 0.717) is 57.6 Å². The molecule has 1 saturated carbocycles. The Hall–Kier alpha value is -1.03. The lowest BCUT2D eigenvalue weighted by atomic mass is 9.96. The van der Waals surface area contributed by atoms with Gasteiger partial charge in [0.1, 0.15) is 0 Å². The monoisotopic (exact) mass is 356 g/mol. The van der Waals surface area contributed by atoms with Crippen molar-refractivity contribution in [2.24, 2.45) is 5.92 Å². The lowest BCUT2D eigenvalue weighted by Gasteiger charge is -2.36. The van der Waals surface area contributed by atoms with Gasteiger partial charge in [0, 0.05) is 38.5 Å². The lowest BCUT2D eigenvalue weighted by Crippen LogP contribution is -2.51. The molecule has 0 aromatic carbocycles. The fourth-order valence-corrected chi connectivity index (χ4v) is 5.15. The molecule has 1 aromatic rings. The van der Waals surface area contributed by atoms with Gasteiger partial charge < -0.3 is 9.26 Å². The van der Waals surface area contributed by atoms with Crippen molar-refractivity contribution in [3.8, 4) is 0 Å². The summed E-state index contributed by atoms with van der Waals surface area (Å²) in [6.45, 7) is 2.95. The van der Waals surface area contributed by atoms with E-state index in [2.05, 4.69) is 10.1 Å². The highest BCUT2D eigenvalue weighted by molar-refractivity contribution is 7.86. The van der Waals surface area contributed by atoms with Crippen LogP contribution in [0.5, 0.6) is 0 Å². The summed E-state index contributed by atoms with van der Waals surface area (Å²) < 4.78 is 39.3. The summed E-state index contributed by atoms with van der Waals surface area (Å²) >= 11 is 0. The second-order valence-electron chi connectivity index (χ2n) is 6.91. The minimum absolute atomic E-state index is 0.238. The summed E-state index contributed by atoms with van der Waals surface area (Å²) in [5.41, 5.74) is 0. The molecule has 0 bridgehead atoms. The van der Waals surface area contributed by atoms with Gasteiger partial charge in [-0.25, -0.2) is 0 Å². The zero-order valence-corrected chi connectivity index (χ0v) is 14.6. The summed E-state index contributed by atoms with van der Waals surface area (Å²) in [5, 5.41) is 4.04. The van der Waals surface area contributed by atoms with Crippen LogP contribution >= 0.6 is 0 Å². The fourth-order valence-electron chi connectivity index (χ4n) is 3.45. The Morgan fingerprint density at radius 1 is 1.08 bits per heavy atom. The van der Waals surface area contributed by atoms with E-state index in [0.717, 1.165) is 31.5 Å². The smallest absolute Gasteiger partial charge is 0.282 e. The molecule has 3 aliphatic rings. The van der Waals surface area contributed by atoms with Crippen molar-refractivity contribution in [1.82, 2.24) is 18.8 Å². The molecule has 0 N–H and O–H groups in total. The maximum absolute atomic E-state index is 12.8. The first-order valence-electron chi connectivity index (χ1n) is 8.78. The molecule has 2 aliphatic heterocycles. The Balaban J connectivity index is 1.39. The van der Waals surface area contributed by atoms with Gasteiger partial charge >= 0.3 is 0 Å². The number of aromatic nitrogens is 2. The zero-order valence-electron chi connectivity index (χ0n) is 13.8. The summed E-state index contributed by atoms with van der Waals surface area (Å²) in [6.07, 6.45) is 4.82. The van der Waals surface area contributed by atoms with Gasteiger partial charge in [-0.3, -0.25) is 0 Å². The molecular weight excluding hydrogens is 332 g/mol. The van der Waals surface area contributed by atoms with Crippen LogP contribution in [0.15, 0.2) is 4.52 Å². The van der Waals surface area contributed by atoms with E-state index >= 15 is 0 Å². The number of nitrogens with zero attached hydrogens (tertiary/aromatic N) is 4. The topological polar surface area (TPSA) is 88.8 Å². The Kier molecular flexibility index (Phi) is 4.59. The third kappa shape index (κ3) is 3.49. The van der Waals surface area contributed by atoms with Crippen molar-refractivity contribution in [2.45, 2.75) is 38.0 Å². The first-order valence-corrected chi connectivity index (χ1v) is 10.2. The molecule has 3 fully saturated rings. The summed E-state index contributed by atoms with van der Waals surface area (Å²) in [5.74, 6) is 2.18. The lowest BCUT2D eigenvalue weighted by molar-refractivity contribution is 0.0690. The molecule has 8 nitrogen and oxygen atoms in total. The van der Waals surface area contributed by atoms with Gasteiger partial charge in [0.2, 0.25) is 5.89 Å². The van der Waals surface area contributed by atoms with Gasteiger partial charge in [-0.15, -0.1) is 0 Å². The molecule has 3 heterocycles. The molecule has 1 atom stereocenters. The van der Waals surface area contributed by atoms with Crippen LogP contribution in [-0.2, 0) is 21.4 Å². The molecular formula is C15H24N4O4S. The third-order valence-electron chi connectivity index (χ3n) is 4.99. The largest absolute Gasteiger partial charge is 0.379 e. The molecule has 0 amide bonds. The van der Waals surface area contributed by atoms with E-state index in [4.69, 9.17) is 9.26 Å². The Labute approximate surface area is 142 Å². The number of hydrogen-bond donors (Lipinski definition) is 0. The van der Waals surface area contributed by atoms with Crippen molar-refractivity contribution in [2.75, 3.05) is 39.4 Å². The van der Waals surface area contributed by atoms with Crippen LogP contribution in [-0.4, -0.2) is 66.6 Å². The fraction of sp³-hybridized carbons (Fsp3) is 0.867. The van der Waals surface area contributed by atoms with Gasteiger partial charge in [-0.2, -0.15) is 22.0 Å². The van der Waals surface area contributed by atoms with Gasteiger partial charge in [-0.1, -0.05) is 5.16 Å². The molecule has 2 saturated heterocycles. The SMILES string of the molecule is O=S(=O)(N1CCOCC1)N1CCC[C@H](Cc2nc(C3CC3)no2)C1. The highest BCUT2D eigenvalue weighted by atomic mass is 32.2. The number of morpholine rings is 1. The normalized spacial score (nSPS) is 27.4. The minimum atomic E-state index is -3.39. The van der Waals surface area contributed by atoms with E-state index < -0.39 is 10.2 Å². The van der Waals surface area contributed by atoms with Crippen molar-refractivity contribution in [1.29, 1.82) is 0 Å². The molecule has 1 aromatic heterocycles.